The number of hydrogen-bond acceptors (Lipinski definition) is 6. The fourth-order valence-corrected chi connectivity index (χ4v) is 8.09. The molecule has 6 nitrogen and oxygen atoms in total. The van der Waals surface area contributed by atoms with Gasteiger partial charge in [0.15, 0.2) is 5.82 Å². The summed E-state index contributed by atoms with van der Waals surface area (Å²) in [6.45, 7) is 3.44. The van der Waals surface area contributed by atoms with Gasteiger partial charge in [0, 0.05) is 48.7 Å². The fraction of sp³-hybridized carbons (Fsp3) is 0.562. The van der Waals surface area contributed by atoms with Gasteiger partial charge in [-0.15, -0.1) is 0 Å². The molecule has 4 fully saturated rings. The second-order valence-electron chi connectivity index (χ2n) is 12.4. The van der Waals surface area contributed by atoms with Gasteiger partial charge >= 0.3 is 6.01 Å². The molecule has 3 aromatic rings. The summed E-state index contributed by atoms with van der Waals surface area (Å²) in [4.78, 5) is 13.4. The number of hydrogen-bond donors (Lipinski definition) is 1. The molecule has 4 aliphatic heterocycles. The number of alkyl halides is 1. The predicted molar refractivity (Wildman–Crippen MR) is 159 cm³/mol. The van der Waals surface area contributed by atoms with E-state index in [0.29, 0.717) is 59.8 Å². The minimum Gasteiger partial charge on any atom is -0.467 e. The molecule has 42 heavy (non-hydrogen) atoms. The highest BCUT2D eigenvalue weighted by Gasteiger charge is 2.35. The molecule has 4 unspecified atom stereocenters. The molecule has 2 bridgehead atoms. The first-order valence-corrected chi connectivity index (χ1v) is 15.7. The second-order valence-corrected chi connectivity index (χ2v) is 12.8. The Labute approximate surface area is 249 Å². The zero-order chi connectivity index (χ0) is 29.0. The Kier molecular flexibility index (Phi) is 7.69. The Morgan fingerprint density at radius 2 is 1.74 bits per heavy atom. The third-order valence-corrected chi connectivity index (χ3v) is 10.0. The van der Waals surface area contributed by atoms with Gasteiger partial charge in [-0.3, -0.25) is 4.90 Å². The van der Waals surface area contributed by atoms with Crippen LogP contribution in [0.1, 0.15) is 56.1 Å². The average Bonchev–Trinajstić information content (AvgIpc) is 3.68. The summed E-state index contributed by atoms with van der Waals surface area (Å²) in [6, 6.07) is 6.34. The number of nitrogens with one attached hydrogen (secondary N) is 1. The number of rotatable bonds is 3. The molecule has 2 aromatic carbocycles. The molecule has 1 N–H and O–H groups in total. The van der Waals surface area contributed by atoms with Crippen molar-refractivity contribution < 1.29 is 17.9 Å². The van der Waals surface area contributed by atoms with Crippen LogP contribution in [0.25, 0.3) is 22.0 Å². The summed E-state index contributed by atoms with van der Waals surface area (Å²) in [6.07, 6.45) is 8.30. The van der Waals surface area contributed by atoms with E-state index in [1.165, 1.54) is 26.0 Å². The van der Waals surface area contributed by atoms with Gasteiger partial charge in [-0.2, -0.15) is 9.97 Å². The Bertz CT molecular complexity index is 1480. The van der Waals surface area contributed by atoms with Crippen molar-refractivity contribution in [3.05, 3.63) is 46.0 Å². The van der Waals surface area contributed by atoms with Crippen LogP contribution in [0.15, 0.2) is 18.2 Å². The maximum atomic E-state index is 16.2. The normalized spacial score (nSPS) is 26.6. The molecule has 1 aromatic heterocycles. The number of methoxy groups -OCH3 is 1. The summed E-state index contributed by atoms with van der Waals surface area (Å²) < 4.78 is 48.6. The molecule has 224 valence electrons. The Hall–Kier alpha value is -2.62. The molecule has 5 aliphatic rings. The lowest BCUT2D eigenvalue weighted by atomic mass is 9.85. The van der Waals surface area contributed by atoms with Gasteiger partial charge in [0.1, 0.15) is 23.3 Å². The molecule has 10 heteroatoms. The van der Waals surface area contributed by atoms with Crippen LogP contribution in [0.3, 0.4) is 0 Å². The third-order valence-electron chi connectivity index (χ3n) is 9.75. The van der Waals surface area contributed by atoms with Crippen LogP contribution in [-0.4, -0.2) is 72.5 Å². The monoisotopic (exact) mass is 599 g/mol. The lowest BCUT2D eigenvalue weighted by Gasteiger charge is -2.34. The first kappa shape index (κ1) is 28.2. The molecule has 8 rings (SSSR count). The van der Waals surface area contributed by atoms with E-state index in [-0.39, 0.29) is 27.9 Å². The molecule has 4 saturated heterocycles. The van der Waals surface area contributed by atoms with Gasteiger partial charge in [0.2, 0.25) is 0 Å². The van der Waals surface area contributed by atoms with Crippen molar-refractivity contribution in [1.29, 1.82) is 0 Å². The number of fused-ring (bicyclic) bond motifs is 5. The van der Waals surface area contributed by atoms with Gasteiger partial charge in [0.05, 0.1) is 12.1 Å². The van der Waals surface area contributed by atoms with E-state index in [4.69, 9.17) is 16.3 Å². The highest BCUT2D eigenvalue weighted by molar-refractivity contribution is 6.34. The van der Waals surface area contributed by atoms with Gasteiger partial charge in [0.25, 0.3) is 0 Å². The summed E-state index contributed by atoms with van der Waals surface area (Å²) in [7, 11) is 1.48. The smallest absolute Gasteiger partial charge is 0.318 e. The molecule has 0 saturated carbocycles. The summed E-state index contributed by atoms with van der Waals surface area (Å²) >= 11 is 6.73. The Morgan fingerprint density at radius 3 is 2.48 bits per heavy atom. The highest BCUT2D eigenvalue weighted by Crippen LogP contribution is 2.42. The van der Waals surface area contributed by atoms with Gasteiger partial charge in [-0.05, 0) is 93.2 Å². The van der Waals surface area contributed by atoms with Crippen molar-refractivity contribution in [2.45, 2.75) is 82.1 Å². The maximum Gasteiger partial charge on any atom is 0.318 e. The van der Waals surface area contributed by atoms with E-state index in [2.05, 4.69) is 25.1 Å². The van der Waals surface area contributed by atoms with E-state index in [1.807, 2.05) is 0 Å². The first-order valence-electron chi connectivity index (χ1n) is 15.3. The van der Waals surface area contributed by atoms with Crippen LogP contribution in [0, 0.1) is 11.6 Å². The van der Waals surface area contributed by atoms with E-state index >= 15 is 4.39 Å². The standard InChI is InChI=1S/C25H25ClF2N4O.C7H12FN/c1-33-25-30-23-18(24(31-25)32-11-13-6-7-14(12-32)29-13)10-19(26)21(22(23)28)17-8-9-20(27)16-5-3-2-4-15(16)17;8-6-4-7-2-1-3-9(7)5-6/h8-10,13-14,29H,2-7,11-12H2,1H3;6-7H,1-5H2. The van der Waals surface area contributed by atoms with Gasteiger partial charge in [-0.25, -0.2) is 13.2 Å². The number of benzene rings is 2. The van der Waals surface area contributed by atoms with Crippen LogP contribution in [0.2, 0.25) is 5.02 Å². The lowest BCUT2D eigenvalue weighted by Crippen LogP contribution is -2.51. The zero-order valence-electron chi connectivity index (χ0n) is 23.9. The quantitative estimate of drug-likeness (QED) is 0.384. The SMILES string of the molecule is COc1nc(N2CC3CCC(C2)N3)c2cc(Cl)c(-c3ccc(F)c4c3CCCC4)c(F)c2n1.FC1CC2CCCN2C1. The Balaban J connectivity index is 0.000000272. The Morgan fingerprint density at radius 1 is 0.976 bits per heavy atom. The molecule has 5 heterocycles. The van der Waals surface area contributed by atoms with Gasteiger partial charge < -0.3 is 15.0 Å². The van der Waals surface area contributed by atoms with Crippen molar-refractivity contribution in [3.63, 3.8) is 0 Å². The largest absolute Gasteiger partial charge is 0.467 e. The second kappa shape index (κ2) is 11.5. The van der Waals surface area contributed by atoms with Crippen molar-refractivity contribution in [1.82, 2.24) is 20.2 Å². The van der Waals surface area contributed by atoms with Crippen LogP contribution in [0.4, 0.5) is 19.0 Å². The van der Waals surface area contributed by atoms with Crippen molar-refractivity contribution >= 4 is 28.3 Å². The van der Waals surface area contributed by atoms with E-state index in [1.54, 1.807) is 12.1 Å². The van der Waals surface area contributed by atoms with Crippen molar-refractivity contribution in [2.75, 3.05) is 38.2 Å². The van der Waals surface area contributed by atoms with Crippen LogP contribution < -0.4 is 15.0 Å². The third kappa shape index (κ3) is 5.11. The number of aromatic nitrogens is 2. The number of anilines is 1. The molecular formula is C32H37ClF3N5O. The van der Waals surface area contributed by atoms with E-state index in [0.717, 1.165) is 57.3 Å². The number of nitrogens with zero attached hydrogens (tertiary/aromatic N) is 4. The van der Waals surface area contributed by atoms with Gasteiger partial charge in [-0.1, -0.05) is 17.7 Å². The number of halogens is 4. The molecule has 0 radical (unpaired) electrons. The summed E-state index contributed by atoms with van der Waals surface area (Å²) in [5, 5.41) is 4.46. The molecule has 0 spiro atoms. The zero-order valence-corrected chi connectivity index (χ0v) is 24.7. The highest BCUT2D eigenvalue weighted by atomic mass is 35.5. The summed E-state index contributed by atoms with van der Waals surface area (Å²) in [5.41, 5.74) is 2.62. The topological polar surface area (TPSA) is 53.5 Å². The van der Waals surface area contributed by atoms with Crippen LogP contribution in [-0.2, 0) is 12.8 Å². The predicted octanol–water partition coefficient (Wildman–Crippen LogP) is 6.25. The first-order chi connectivity index (χ1) is 20.4. The van der Waals surface area contributed by atoms with E-state index in [9.17, 15) is 8.78 Å². The minimum atomic E-state index is -0.518. The molecule has 4 atom stereocenters. The van der Waals surface area contributed by atoms with Crippen LogP contribution >= 0.6 is 11.6 Å². The maximum absolute atomic E-state index is 16.2. The van der Waals surface area contributed by atoms with Crippen molar-refractivity contribution in [3.8, 4) is 17.1 Å². The summed E-state index contributed by atoms with van der Waals surface area (Å²) in [5.74, 6) is -0.105. The van der Waals surface area contributed by atoms with E-state index < -0.39 is 12.0 Å². The molecular weight excluding hydrogens is 563 g/mol. The lowest BCUT2D eigenvalue weighted by molar-refractivity contribution is 0.292. The number of piperazine rings is 1. The minimum absolute atomic E-state index is 0.122. The van der Waals surface area contributed by atoms with Crippen molar-refractivity contribution in [2.24, 2.45) is 0 Å². The molecule has 1 aliphatic carbocycles. The fourth-order valence-electron chi connectivity index (χ4n) is 7.79. The van der Waals surface area contributed by atoms with Crippen LogP contribution in [0.5, 0.6) is 6.01 Å². The number of ether oxygens (including phenoxy) is 1. The average molecular weight is 600 g/mol. The molecule has 0 amide bonds.